The first-order valence-corrected chi connectivity index (χ1v) is 8.30. The molecule has 1 amide bonds. The zero-order valence-corrected chi connectivity index (χ0v) is 13.4. The summed E-state index contributed by atoms with van der Waals surface area (Å²) in [6, 6.07) is 6.72. The Balaban J connectivity index is 1.55. The minimum absolute atomic E-state index is 0.0360. The lowest BCUT2D eigenvalue weighted by Crippen LogP contribution is -2.49. The summed E-state index contributed by atoms with van der Waals surface area (Å²) in [6.45, 7) is -0.0528. The largest absolute Gasteiger partial charge is 0.435 e. The highest BCUT2D eigenvalue weighted by Gasteiger charge is 2.27. The molecule has 0 bridgehead atoms. The van der Waals surface area contributed by atoms with E-state index in [0.29, 0.717) is 19.8 Å². The minimum atomic E-state index is -2.81. The third-order valence-corrected chi connectivity index (χ3v) is 4.50. The quantitative estimate of drug-likeness (QED) is 0.894. The Kier molecular flexibility index (Phi) is 5.50. The van der Waals surface area contributed by atoms with Gasteiger partial charge in [-0.25, -0.2) is 0 Å². The van der Waals surface area contributed by atoms with Gasteiger partial charge in [-0.15, -0.1) is 0 Å². The van der Waals surface area contributed by atoms with Gasteiger partial charge in [-0.3, -0.25) is 4.79 Å². The van der Waals surface area contributed by atoms with Gasteiger partial charge in [-0.1, -0.05) is 0 Å². The fourth-order valence-electron chi connectivity index (χ4n) is 3.23. The predicted molar refractivity (Wildman–Crippen MR) is 85.4 cm³/mol. The summed E-state index contributed by atoms with van der Waals surface area (Å²) in [5, 5.41) is 3.11. The van der Waals surface area contributed by atoms with Crippen molar-refractivity contribution in [2.75, 3.05) is 31.2 Å². The second-order valence-electron chi connectivity index (χ2n) is 6.23. The second-order valence-corrected chi connectivity index (χ2v) is 6.23. The molecule has 0 aromatic heterocycles. The van der Waals surface area contributed by atoms with E-state index in [1.807, 2.05) is 0 Å². The van der Waals surface area contributed by atoms with Gasteiger partial charge in [0.05, 0.1) is 12.5 Å². The molecule has 2 fully saturated rings. The molecule has 1 N–H and O–H groups in total. The third kappa shape index (κ3) is 4.35. The Bertz CT molecular complexity index is 547. The lowest BCUT2D eigenvalue weighted by molar-refractivity contribution is -0.125. The number of anilines is 1. The highest BCUT2D eigenvalue weighted by Crippen LogP contribution is 2.24. The van der Waals surface area contributed by atoms with Gasteiger partial charge in [0.2, 0.25) is 5.91 Å². The summed E-state index contributed by atoms with van der Waals surface area (Å²) < 4.78 is 34.0. The zero-order valence-electron chi connectivity index (χ0n) is 13.4. The summed E-state index contributed by atoms with van der Waals surface area (Å²) in [4.78, 5) is 14.4. The number of nitrogens with one attached hydrogen (secondary N) is 1. The maximum atomic E-state index is 12.2. The molecular weight excluding hydrogens is 318 g/mol. The van der Waals surface area contributed by atoms with Crippen molar-refractivity contribution in [2.24, 2.45) is 5.92 Å². The van der Waals surface area contributed by atoms with E-state index in [2.05, 4.69) is 15.0 Å². The van der Waals surface area contributed by atoms with Crippen molar-refractivity contribution in [3.05, 3.63) is 24.3 Å². The Hall–Kier alpha value is -1.89. The molecule has 0 spiro atoms. The molecule has 2 saturated heterocycles. The summed E-state index contributed by atoms with van der Waals surface area (Å²) in [5.74, 6) is 0.183. The molecule has 5 nitrogen and oxygen atoms in total. The maximum absolute atomic E-state index is 12.2. The van der Waals surface area contributed by atoms with Gasteiger partial charge in [0.15, 0.2) is 0 Å². The second kappa shape index (κ2) is 7.79. The zero-order chi connectivity index (χ0) is 16.9. The number of benzene rings is 1. The molecule has 1 aromatic rings. The number of halogens is 2. The van der Waals surface area contributed by atoms with Crippen LogP contribution in [0.5, 0.6) is 5.75 Å². The highest BCUT2D eigenvalue weighted by molar-refractivity contribution is 5.79. The van der Waals surface area contributed by atoms with E-state index in [1.165, 1.54) is 0 Å². The molecule has 0 unspecified atom stereocenters. The van der Waals surface area contributed by atoms with E-state index in [4.69, 9.17) is 4.74 Å². The molecule has 0 saturated carbocycles. The van der Waals surface area contributed by atoms with Crippen LogP contribution in [0.4, 0.5) is 14.5 Å². The van der Waals surface area contributed by atoms with E-state index in [-0.39, 0.29) is 23.6 Å². The first-order chi connectivity index (χ1) is 11.6. The van der Waals surface area contributed by atoms with Crippen LogP contribution in [0.3, 0.4) is 0 Å². The Labute approximate surface area is 139 Å². The summed E-state index contributed by atoms with van der Waals surface area (Å²) in [7, 11) is 0. The Morgan fingerprint density at radius 2 is 2.08 bits per heavy atom. The predicted octanol–water partition coefficient (Wildman–Crippen LogP) is 2.41. The number of carbonyl (C=O) groups is 1. The van der Waals surface area contributed by atoms with Crippen LogP contribution in [0.15, 0.2) is 24.3 Å². The molecule has 2 heterocycles. The van der Waals surface area contributed by atoms with Crippen LogP contribution in [-0.4, -0.2) is 44.9 Å². The van der Waals surface area contributed by atoms with Crippen LogP contribution < -0.4 is 15.0 Å². The Morgan fingerprint density at radius 1 is 1.29 bits per heavy atom. The van der Waals surface area contributed by atoms with Crippen molar-refractivity contribution in [1.82, 2.24) is 5.32 Å². The summed E-state index contributed by atoms with van der Waals surface area (Å²) >= 11 is 0. The summed E-state index contributed by atoms with van der Waals surface area (Å²) in [6.07, 6.45) is 2.71. The van der Waals surface area contributed by atoms with Gasteiger partial charge in [0.1, 0.15) is 5.75 Å². The van der Waals surface area contributed by atoms with Gasteiger partial charge in [-0.05, 0) is 43.5 Å². The minimum Gasteiger partial charge on any atom is -0.435 e. The van der Waals surface area contributed by atoms with Crippen molar-refractivity contribution in [1.29, 1.82) is 0 Å². The van der Waals surface area contributed by atoms with Crippen molar-refractivity contribution >= 4 is 11.6 Å². The number of carbonyl (C=O) groups excluding carboxylic acids is 1. The van der Waals surface area contributed by atoms with E-state index in [1.54, 1.807) is 24.3 Å². The molecule has 24 heavy (non-hydrogen) atoms. The average molecular weight is 340 g/mol. The van der Waals surface area contributed by atoms with Crippen molar-refractivity contribution in [3.63, 3.8) is 0 Å². The topological polar surface area (TPSA) is 50.8 Å². The number of alkyl halides is 2. The van der Waals surface area contributed by atoms with Gasteiger partial charge in [-0.2, -0.15) is 8.78 Å². The van der Waals surface area contributed by atoms with Crippen molar-refractivity contribution in [2.45, 2.75) is 31.9 Å². The lowest BCUT2D eigenvalue weighted by Gasteiger charge is -2.35. The van der Waals surface area contributed by atoms with Crippen LogP contribution in [0.2, 0.25) is 0 Å². The molecule has 132 valence electrons. The van der Waals surface area contributed by atoms with Crippen LogP contribution in [0.1, 0.15) is 19.3 Å². The number of hydrogen-bond donors (Lipinski definition) is 1. The first kappa shape index (κ1) is 17.0. The van der Waals surface area contributed by atoms with Gasteiger partial charge in [0, 0.05) is 31.4 Å². The van der Waals surface area contributed by atoms with Crippen LogP contribution in [0, 0.1) is 5.92 Å². The van der Waals surface area contributed by atoms with Crippen LogP contribution >= 0.6 is 0 Å². The Morgan fingerprint density at radius 3 is 2.75 bits per heavy atom. The number of rotatable bonds is 5. The SMILES string of the molecule is O=C(N[C@H]1CCCN(c2ccc(OC(F)F)cc2)C1)[C@@H]1CCOC1. The highest BCUT2D eigenvalue weighted by atomic mass is 19.3. The standard InChI is InChI=1S/C17H22F2N2O3/c18-17(19)24-15-5-3-14(4-6-15)21-8-1-2-13(10-21)20-16(22)12-7-9-23-11-12/h3-6,12-13,17H,1-2,7-11H2,(H,20,22)/t12-,13+/m1/s1. The maximum Gasteiger partial charge on any atom is 0.387 e. The molecular formula is C17H22F2N2O3. The van der Waals surface area contributed by atoms with Crippen LogP contribution in [-0.2, 0) is 9.53 Å². The molecule has 0 aliphatic carbocycles. The van der Waals surface area contributed by atoms with Gasteiger partial charge in [0.25, 0.3) is 0 Å². The molecule has 2 aliphatic heterocycles. The van der Waals surface area contributed by atoms with Gasteiger partial charge < -0.3 is 19.7 Å². The first-order valence-electron chi connectivity index (χ1n) is 8.30. The number of nitrogens with zero attached hydrogens (tertiary/aromatic N) is 1. The van der Waals surface area contributed by atoms with Crippen molar-refractivity contribution in [3.8, 4) is 5.75 Å². The number of hydrogen-bond acceptors (Lipinski definition) is 4. The monoisotopic (exact) mass is 340 g/mol. The van der Waals surface area contributed by atoms with E-state index in [9.17, 15) is 13.6 Å². The van der Waals surface area contributed by atoms with Crippen LogP contribution in [0.25, 0.3) is 0 Å². The number of ether oxygens (including phenoxy) is 2. The smallest absolute Gasteiger partial charge is 0.387 e. The average Bonchev–Trinajstić information content (AvgIpc) is 3.10. The lowest BCUT2D eigenvalue weighted by atomic mass is 10.0. The number of piperidine rings is 1. The number of amides is 1. The fraction of sp³-hybridized carbons (Fsp3) is 0.588. The third-order valence-electron chi connectivity index (χ3n) is 4.50. The van der Waals surface area contributed by atoms with Crippen molar-refractivity contribution < 1.29 is 23.0 Å². The molecule has 7 heteroatoms. The molecule has 3 rings (SSSR count). The van der Waals surface area contributed by atoms with E-state index >= 15 is 0 Å². The molecule has 0 radical (unpaired) electrons. The van der Waals surface area contributed by atoms with E-state index in [0.717, 1.165) is 31.5 Å². The molecule has 1 aromatic carbocycles. The summed E-state index contributed by atoms with van der Waals surface area (Å²) in [5.41, 5.74) is 0.944. The molecule has 2 aliphatic rings. The van der Waals surface area contributed by atoms with E-state index < -0.39 is 6.61 Å². The normalized spacial score (nSPS) is 24.2. The van der Waals surface area contributed by atoms with Gasteiger partial charge >= 0.3 is 6.61 Å². The fourth-order valence-corrected chi connectivity index (χ4v) is 3.23. The molecule has 2 atom stereocenters.